The van der Waals surface area contributed by atoms with E-state index in [1.54, 1.807) is 0 Å². The molecule has 0 aromatic heterocycles. The van der Waals surface area contributed by atoms with E-state index in [-0.39, 0.29) is 0 Å². The Morgan fingerprint density at radius 2 is 1.82 bits per heavy atom. The summed E-state index contributed by atoms with van der Waals surface area (Å²) in [6.45, 7) is 8.28. The zero-order valence-electron chi connectivity index (χ0n) is 8.55. The van der Waals surface area contributed by atoms with Crippen LogP contribution in [0.2, 0.25) is 0 Å². The second-order valence-electron chi connectivity index (χ2n) is 3.91. The minimum atomic E-state index is 0.631. The molecule has 0 aromatic rings. The van der Waals surface area contributed by atoms with E-state index in [0.717, 1.165) is 24.2 Å². The van der Waals surface area contributed by atoms with E-state index in [9.17, 15) is 0 Å². The van der Waals surface area contributed by atoms with E-state index in [2.05, 4.69) is 34.9 Å². The van der Waals surface area contributed by atoms with Crippen LogP contribution >= 0.6 is 0 Å². The van der Waals surface area contributed by atoms with Crippen LogP contribution in [0.4, 0.5) is 0 Å². The van der Waals surface area contributed by atoms with E-state index in [0.29, 0.717) is 6.04 Å². The van der Waals surface area contributed by atoms with Crippen LogP contribution < -0.4 is 0 Å². The predicted molar refractivity (Wildman–Crippen MR) is 48.4 cm³/mol. The quantitative estimate of drug-likeness (QED) is 0.339. The first-order chi connectivity index (χ1) is 5.00. The van der Waals surface area contributed by atoms with Crippen LogP contribution in [0.15, 0.2) is 0 Å². The number of ether oxygens (including phenoxy) is 1. The Morgan fingerprint density at radius 3 is 2.18 bits per heavy atom. The van der Waals surface area contributed by atoms with Gasteiger partial charge < -0.3 is 9.22 Å². The molecule has 0 bridgehead atoms. The summed E-state index contributed by atoms with van der Waals surface area (Å²) in [7, 11) is 4.39. The Bertz CT molecular complexity index is 99.7. The molecule has 11 heavy (non-hydrogen) atoms. The van der Waals surface area contributed by atoms with Crippen molar-refractivity contribution in [2.24, 2.45) is 0 Å². The van der Waals surface area contributed by atoms with Gasteiger partial charge in [0.1, 0.15) is 0 Å². The molecule has 0 aliphatic carbocycles. The van der Waals surface area contributed by atoms with Crippen LogP contribution in [0.1, 0.15) is 27.2 Å². The molecule has 0 aromatic carbocycles. The first-order valence-electron chi connectivity index (χ1n) is 4.41. The minimum Gasteiger partial charge on any atom is -0.332 e. The molecule has 2 nitrogen and oxygen atoms in total. The van der Waals surface area contributed by atoms with Crippen molar-refractivity contribution < 1.29 is 9.22 Å². The third kappa shape index (κ3) is 4.38. The molecule has 0 spiro atoms. The average molecular weight is 160 g/mol. The standard InChI is InChI=1S/C9H22NO/c1-6-7-11-8-10(4,5)9(2)3/h9H,6-8H2,1-5H3/q+1. The fraction of sp³-hybridized carbons (Fsp3) is 1.00. The number of rotatable bonds is 5. The Balaban J connectivity index is 3.55. The monoisotopic (exact) mass is 160 g/mol. The lowest BCUT2D eigenvalue weighted by atomic mass is 10.3. The molecule has 0 aliphatic rings. The SMILES string of the molecule is CCCOC[N+](C)(C)C(C)C. The molecule has 0 rings (SSSR count). The molecule has 0 atom stereocenters. The van der Waals surface area contributed by atoms with Gasteiger partial charge in [-0.3, -0.25) is 0 Å². The number of quaternary nitrogens is 1. The van der Waals surface area contributed by atoms with Gasteiger partial charge in [-0.05, 0) is 20.3 Å². The van der Waals surface area contributed by atoms with Crippen LogP contribution in [0.5, 0.6) is 0 Å². The molecule has 0 fully saturated rings. The Labute approximate surface area is 70.7 Å². The fourth-order valence-electron chi connectivity index (χ4n) is 0.593. The van der Waals surface area contributed by atoms with Gasteiger partial charge in [-0.1, -0.05) is 6.92 Å². The van der Waals surface area contributed by atoms with Crippen molar-refractivity contribution in [3.63, 3.8) is 0 Å². The molecule has 0 saturated carbocycles. The van der Waals surface area contributed by atoms with Gasteiger partial charge in [0, 0.05) is 0 Å². The van der Waals surface area contributed by atoms with Crippen molar-refractivity contribution in [1.82, 2.24) is 0 Å². The van der Waals surface area contributed by atoms with Crippen LogP contribution in [-0.2, 0) is 4.74 Å². The van der Waals surface area contributed by atoms with Gasteiger partial charge in [-0.15, -0.1) is 0 Å². The average Bonchev–Trinajstić information content (AvgIpc) is 1.88. The molecule has 2 heteroatoms. The highest BCUT2D eigenvalue weighted by Crippen LogP contribution is 2.04. The molecular formula is C9H22NO+. The van der Waals surface area contributed by atoms with Crippen LogP contribution in [0.3, 0.4) is 0 Å². The number of nitrogens with zero attached hydrogens (tertiary/aromatic N) is 1. The van der Waals surface area contributed by atoms with Gasteiger partial charge in [0.05, 0.1) is 26.7 Å². The maximum absolute atomic E-state index is 5.48. The molecule has 0 saturated heterocycles. The first-order valence-corrected chi connectivity index (χ1v) is 4.41. The molecule has 0 aliphatic heterocycles. The highest BCUT2D eigenvalue weighted by Gasteiger charge is 2.18. The van der Waals surface area contributed by atoms with E-state index >= 15 is 0 Å². The van der Waals surface area contributed by atoms with Gasteiger partial charge in [0.2, 0.25) is 0 Å². The summed E-state index contributed by atoms with van der Waals surface area (Å²) < 4.78 is 6.43. The summed E-state index contributed by atoms with van der Waals surface area (Å²) in [6.07, 6.45) is 1.11. The third-order valence-corrected chi connectivity index (χ3v) is 2.17. The van der Waals surface area contributed by atoms with Gasteiger partial charge in [-0.25, -0.2) is 0 Å². The molecule has 0 heterocycles. The van der Waals surface area contributed by atoms with Crippen LogP contribution in [0, 0.1) is 0 Å². The third-order valence-electron chi connectivity index (χ3n) is 2.17. The topological polar surface area (TPSA) is 9.23 Å². The number of hydrogen-bond donors (Lipinski definition) is 0. The highest BCUT2D eigenvalue weighted by molar-refractivity contribution is 4.35. The van der Waals surface area contributed by atoms with Crippen molar-refractivity contribution in [3.05, 3.63) is 0 Å². The van der Waals surface area contributed by atoms with Crippen molar-refractivity contribution in [3.8, 4) is 0 Å². The van der Waals surface area contributed by atoms with E-state index < -0.39 is 0 Å². The van der Waals surface area contributed by atoms with Gasteiger partial charge >= 0.3 is 0 Å². The maximum atomic E-state index is 5.48. The van der Waals surface area contributed by atoms with Crippen molar-refractivity contribution in [2.45, 2.75) is 33.2 Å². The van der Waals surface area contributed by atoms with Gasteiger partial charge in [0.15, 0.2) is 6.73 Å². The molecule has 0 radical (unpaired) electrons. The second kappa shape index (κ2) is 4.73. The predicted octanol–water partition coefficient (Wildman–Crippen LogP) is 1.86. The largest absolute Gasteiger partial charge is 0.332 e. The second-order valence-corrected chi connectivity index (χ2v) is 3.91. The van der Waals surface area contributed by atoms with Crippen molar-refractivity contribution in [1.29, 1.82) is 0 Å². The smallest absolute Gasteiger partial charge is 0.182 e. The molecule has 0 amide bonds. The maximum Gasteiger partial charge on any atom is 0.182 e. The summed E-state index contributed by atoms with van der Waals surface area (Å²) in [5.74, 6) is 0. The lowest BCUT2D eigenvalue weighted by Crippen LogP contribution is -2.47. The summed E-state index contributed by atoms with van der Waals surface area (Å²) in [6, 6.07) is 0.631. The molecular weight excluding hydrogens is 138 g/mol. The molecule has 0 unspecified atom stereocenters. The van der Waals surface area contributed by atoms with Crippen molar-refractivity contribution >= 4 is 0 Å². The first kappa shape index (κ1) is 10.9. The minimum absolute atomic E-state index is 0.631. The molecule has 0 N–H and O–H groups in total. The van der Waals surface area contributed by atoms with Gasteiger partial charge in [0.25, 0.3) is 0 Å². The highest BCUT2D eigenvalue weighted by atomic mass is 16.5. The van der Waals surface area contributed by atoms with E-state index in [1.807, 2.05) is 0 Å². The normalized spacial score (nSPS) is 12.5. The van der Waals surface area contributed by atoms with Crippen LogP contribution in [0.25, 0.3) is 0 Å². The summed E-state index contributed by atoms with van der Waals surface area (Å²) in [4.78, 5) is 0. The van der Waals surface area contributed by atoms with E-state index in [1.165, 1.54) is 0 Å². The molecule has 68 valence electrons. The summed E-state index contributed by atoms with van der Waals surface area (Å²) in [5.41, 5.74) is 0. The van der Waals surface area contributed by atoms with E-state index in [4.69, 9.17) is 4.74 Å². The zero-order chi connectivity index (χ0) is 8.91. The summed E-state index contributed by atoms with van der Waals surface area (Å²) >= 11 is 0. The Kier molecular flexibility index (Phi) is 4.69. The van der Waals surface area contributed by atoms with Gasteiger partial charge in [-0.2, -0.15) is 0 Å². The lowest BCUT2D eigenvalue weighted by molar-refractivity contribution is -0.929. The van der Waals surface area contributed by atoms with Crippen molar-refractivity contribution in [2.75, 3.05) is 27.4 Å². The Hall–Kier alpha value is -0.0800. The number of hydrogen-bond acceptors (Lipinski definition) is 1. The summed E-state index contributed by atoms with van der Waals surface area (Å²) in [5, 5.41) is 0. The lowest BCUT2D eigenvalue weighted by Gasteiger charge is -2.33. The zero-order valence-corrected chi connectivity index (χ0v) is 8.55. The fourth-order valence-corrected chi connectivity index (χ4v) is 0.593. The van der Waals surface area contributed by atoms with Crippen LogP contribution in [-0.4, -0.2) is 38.0 Å². The Morgan fingerprint density at radius 1 is 1.27 bits per heavy atom.